The molecule has 0 saturated carbocycles. The number of carbonyl (C=O) groups is 1. The first-order chi connectivity index (χ1) is 9.53. The van der Waals surface area contributed by atoms with E-state index in [1.807, 2.05) is 26.0 Å². The van der Waals surface area contributed by atoms with Crippen LogP contribution in [0.25, 0.3) is 0 Å². The van der Waals surface area contributed by atoms with Crippen molar-refractivity contribution in [3.05, 3.63) is 23.4 Å². The van der Waals surface area contributed by atoms with E-state index >= 15 is 0 Å². The Morgan fingerprint density at radius 1 is 1.50 bits per heavy atom. The van der Waals surface area contributed by atoms with Crippen LogP contribution >= 0.6 is 0 Å². The highest BCUT2D eigenvalue weighted by molar-refractivity contribution is 6.47. The lowest BCUT2D eigenvalue weighted by Crippen LogP contribution is -2.65. The molecule has 0 unspecified atom stereocenters. The van der Waals surface area contributed by atoms with Gasteiger partial charge < -0.3 is 10.2 Å². The zero-order valence-electron chi connectivity index (χ0n) is 12.0. The second-order valence-electron chi connectivity index (χ2n) is 5.97. The number of nitrogens with one attached hydrogen (secondary N) is 2. The first-order valence-corrected chi connectivity index (χ1v) is 7.07. The molecule has 20 heavy (non-hydrogen) atoms. The van der Waals surface area contributed by atoms with Crippen LogP contribution in [0.2, 0.25) is 0 Å². The molecule has 0 atom stereocenters. The van der Waals surface area contributed by atoms with Crippen molar-refractivity contribution < 1.29 is 4.79 Å². The fourth-order valence-corrected chi connectivity index (χ4v) is 3.16. The molecule has 0 bridgehead atoms. The molecule has 0 aromatic rings. The quantitative estimate of drug-likeness (QED) is 0.701. The second-order valence-corrected chi connectivity index (χ2v) is 5.97. The van der Waals surface area contributed by atoms with Gasteiger partial charge in [-0.1, -0.05) is 6.08 Å². The van der Waals surface area contributed by atoms with Crippen LogP contribution in [0.15, 0.2) is 28.4 Å². The van der Waals surface area contributed by atoms with Gasteiger partial charge in [-0.15, -0.1) is 0 Å². The van der Waals surface area contributed by atoms with Crippen molar-refractivity contribution in [1.29, 1.82) is 5.41 Å². The molecule has 5 nitrogen and oxygen atoms in total. The van der Waals surface area contributed by atoms with E-state index in [2.05, 4.69) is 15.2 Å². The molecule has 0 aromatic heterocycles. The number of likely N-dealkylation sites (tertiary alicyclic amines) is 1. The molecule has 106 valence electrons. The molecule has 0 radical (unpaired) electrons. The van der Waals surface area contributed by atoms with E-state index < -0.39 is 0 Å². The maximum atomic E-state index is 11.3. The zero-order valence-corrected chi connectivity index (χ0v) is 12.0. The highest BCUT2D eigenvalue weighted by atomic mass is 16.1. The Morgan fingerprint density at radius 2 is 2.25 bits per heavy atom. The van der Waals surface area contributed by atoms with Crippen molar-refractivity contribution in [2.24, 2.45) is 10.4 Å². The Morgan fingerprint density at radius 3 is 2.85 bits per heavy atom. The van der Waals surface area contributed by atoms with Crippen molar-refractivity contribution >= 4 is 17.5 Å². The fraction of sp³-hybridized carbons (Fsp3) is 0.533. The van der Waals surface area contributed by atoms with Crippen molar-refractivity contribution in [2.45, 2.75) is 26.7 Å². The first kappa shape index (κ1) is 13.1. The lowest BCUT2D eigenvalue weighted by Gasteiger charge is -2.53. The molecular weight excluding hydrogens is 252 g/mol. The third-order valence-electron chi connectivity index (χ3n) is 4.36. The lowest BCUT2D eigenvalue weighted by atomic mass is 9.73. The van der Waals surface area contributed by atoms with Crippen LogP contribution in [0.5, 0.6) is 0 Å². The molecular formula is C15H20N4O. The number of hydrogen-bond acceptors (Lipinski definition) is 4. The molecule has 3 aliphatic rings. The predicted molar refractivity (Wildman–Crippen MR) is 78.9 cm³/mol. The summed E-state index contributed by atoms with van der Waals surface area (Å²) in [4.78, 5) is 17.9. The summed E-state index contributed by atoms with van der Waals surface area (Å²) in [5.74, 6) is 0.937. The minimum absolute atomic E-state index is 0.159. The molecule has 3 aliphatic heterocycles. The molecule has 0 aromatic carbocycles. The summed E-state index contributed by atoms with van der Waals surface area (Å²) in [5.41, 5.74) is 2.59. The molecule has 2 fully saturated rings. The number of allylic oxidation sites excluding steroid dienone is 3. The van der Waals surface area contributed by atoms with Crippen LogP contribution in [0.1, 0.15) is 26.7 Å². The van der Waals surface area contributed by atoms with Crippen LogP contribution in [0, 0.1) is 10.8 Å². The van der Waals surface area contributed by atoms with Gasteiger partial charge in [-0.25, -0.2) is 4.99 Å². The van der Waals surface area contributed by atoms with Gasteiger partial charge >= 0.3 is 0 Å². The van der Waals surface area contributed by atoms with E-state index in [0.717, 1.165) is 43.2 Å². The van der Waals surface area contributed by atoms with Gasteiger partial charge in [-0.3, -0.25) is 10.2 Å². The summed E-state index contributed by atoms with van der Waals surface area (Å²) in [5, 5.41) is 11.2. The summed E-state index contributed by atoms with van der Waals surface area (Å²) < 4.78 is 0. The summed E-state index contributed by atoms with van der Waals surface area (Å²) in [7, 11) is 0. The van der Waals surface area contributed by atoms with Gasteiger partial charge in [0.15, 0.2) is 5.84 Å². The number of hydrogen-bond donors (Lipinski definition) is 2. The molecule has 0 aliphatic carbocycles. The second kappa shape index (κ2) is 4.58. The lowest BCUT2D eigenvalue weighted by molar-refractivity contribution is -0.126. The maximum absolute atomic E-state index is 11.3. The normalized spacial score (nSPS) is 27.1. The maximum Gasteiger partial charge on any atom is 0.220 e. The first-order valence-electron chi connectivity index (χ1n) is 7.07. The van der Waals surface area contributed by atoms with Crippen LogP contribution in [-0.4, -0.2) is 42.0 Å². The van der Waals surface area contributed by atoms with Crippen LogP contribution < -0.4 is 5.32 Å². The van der Waals surface area contributed by atoms with Gasteiger partial charge in [0.05, 0.1) is 0 Å². The molecule has 5 heteroatoms. The Labute approximate surface area is 119 Å². The highest BCUT2D eigenvalue weighted by Gasteiger charge is 2.47. The van der Waals surface area contributed by atoms with Crippen molar-refractivity contribution in [3.8, 4) is 0 Å². The largest absolute Gasteiger partial charge is 0.355 e. The number of amides is 1. The Hall–Kier alpha value is -1.91. The molecule has 2 N–H and O–H groups in total. The number of piperidine rings is 1. The van der Waals surface area contributed by atoms with E-state index in [-0.39, 0.29) is 11.3 Å². The fourth-order valence-electron chi connectivity index (χ4n) is 3.16. The Balaban J connectivity index is 1.72. The van der Waals surface area contributed by atoms with Gasteiger partial charge in [0, 0.05) is 42.7 Å². The predicted octanol–water partition coefficient (Wildman–Crippen LogP) is 1.48. The zero-order chi connectivity index (χ0) is 14.3. The standard InChI is InChI=1S/C15H20N4O/c1-3-11-6-10(2)18-14(13(11)16)19-8-15(9-19)5-4-12(20)17-7-15/h3,6,16H,4-5,7-9H2,1-2H3,(H,17,20)/b11-3-,16-13?. The Bertz CT molecular complexity index is 552. The van der Waals surface area contributed by atoms with Crippen LogP contribution in [-0.2, 0) is 4.79 Å². The molecule has 2 saturated heterocycles. The SMILES string of the molecule is C/C=C1/C=C(C)N=C(N2CC3(CCC(=O)NC3)C2)C1=N. The van der Waals surface area contributed by atoms with Crippen molar-refractivity contribution in [1.82, 2.24) is 10.2 Å². The summed E-state index contributed by atoms with van der Waals surface area (Å²) in [6.45, 7) is 6.45. The minimum atomic E-state index is 0.159. The van der Waals surface area contributed by atoms with E-state index in [0.29, 0.717) is 12.1 Å². The average Bonchev–Trinajstić information content (AvgIpc) is 2.40. The number of amidine groups is 1. The van der Waals surface area contributed by atoms with E-state index in [9.17, 15) is 4.79 Å². The average molecular weight is 272 g/mol. The number of rotatable bonds is 0. The smallest absolute Gasteiger partial charge is 0.220 e. The molecule has 1 spiro atoms. The van der Waals surface area contributed by atoms with Gasteiger partial charge in [-0.05, 0) is 26.3 Å². The van der Waals surface area contributed by atoms with Gasteiger partial charge in [0.25, 0.3) is 0 Å². The van der Waals surface area contributed by atoms with Crippen LogP contribution in [0.4, 0.5) is 0 Å². The minimum Gasteiger partial charge on any atom is -0.355 e. The van der Waals surface area contributed by atoms with Gasteiger partial charge in [0.1, 0.15) is 5.71 Å². The number of carbonyl (C=O) groups excluding carboxylic acids is 1. The van der Waals surface area contributed by atoms with Crippen molar-refractivity contribution in [3.63, 3.8) is 0 Å². The van der Waals surface area contributed by atoms with Crippen molar-refractivity contribution in [2.75, 3.05) is 19.6 Å². The van der Waals surface area contributed by atoms with E-state index in [4.69, 9.17) is 5.41 Å². The summed E-state index contributed by atoms with van der Waals surface area (Å²) in [6.07, 6.45) is 5.47. The highest BCUT2D eigenvalue weighted by Crippen LogP contribution is 2.37. The molecule has 1 amide bonds. The molecule has 3 heterocycles. The Kier molecular flexibility index (Phi) is 3.00. The topological polar surface area (TPSA) is 68.6 Å². The van der Waals surface area contributed by atoms with Crippen LogP contribution in [0.3, 0.4) is 0 Å². The molecule has 3 rings (SSSR count). The van der Waals surface area contributed by atoms with E-state index in [1.165, 1.54) is 0 Å². The third-order valence-corrected chi connectivity index (χ3v) is 4.36. The van der Waals surface area contributed by atoms with E-state index in [1.54, 1.807) is 0 Å². The van der Waals surface area contributed by atoms with Gasteiger partial charge in [-0.2, -0.15) is 0 Å². The van der Waals surface area contributed by atoms with Gasteiger partial charge in [0.2, 0.25) is 5.91 Å². The summed E-state index contributed by atoms with van der Waals surface area (Å²) in [6, 6.07) is 0. The number of aliphatic imine (C=N–C) groups is 1. The monoisotopic (exact) mass is 272 g/mol. The summed E-state index contributed by atoms with van der Waals surface area (Å²) >= 11 is 0. The third kappa shape index (κ3) is 2.07. The number of nitrogens with zero attached hydrogens (tertiary/aromatic N) is 2.